The number of rotatable bonds is 4. The van der Waals surface area contributed by atoms with Crippen molar-refractivity contribution in [2.24, 2.45) is 7.05 Å². The highest BCUT2D eigenvalue weighted by atomic mass is 32.2. The summed E-state index contributed by atoms with van der Waals surface area (Å²) in [7, 11) is 1.51. The van der Waals surface area contributed by atoms with Crippen LogP contribution in [0.1, 0.15) is 31.0 Å². The van der Waals surface area contributed by atoms with E-state index in [-0.39, 0.29) is 16.1 Å². The first-order chi connectivity index (χ1) is 11.3. The van der Waals surface area contributed by atoms with Crippen molar-refractivity contribution >= 4 is 11.9 Å². The van der Waals surface area contributed by atoms with Crippen molar-refractivity contribution in [1.82, 2.24) is 14.3 Å². The molecule has 24 heavy (non-hydrogen) atoms. The number of aryl methyl sites for hydroxylation is 2. The smallest absolute Gasteiger partial charge is 0.315 e. The van der Waals surface area contributed by atoms with E-state index in [4.69, 9.17) is 0 Å². The first kappa shape index (κ1) is 20.2. The molecular formula is C16H20F3N3OS. The fourth-order valence-electron chi connectivity index (χ4n) is 1.73. The molecule has 0 saturated heterocycles. The summed E-state index contributed by atoms with van der Waals surface area (Å²) in [5.74, 6) is 0. The average molecular weight is 359 g/mol. The van der Waals surface area contributed by atoms with Gasteiger partial charge in [0.25, 0.3) is 5.56 Å². The molecule has 0 bridgehead atoms. The molecule has 1 aromatic carbocycles. The van der Waals surface area contributed by atoms with Gasteiger partial charge < -0.3 is 4.57 Å². The SMILES string of the molecule is CC.Cc1ccc([C@@H](NSc2cn(C)c(=O)cn2)C(F)(F)F)cc1. The topological polar surface area (TPSA) is 46.9 Å². The summed E-state index contributed by atoms with van der Waals surface area (Å²) in [5.41, 5.74) is 0.683. The van der Waals surface area contributed by atoms with Crippen LogP contribution < -0.4 is 10.3 Å². The summed E-state index contributed by atoms with van der Waals surface area (Å²) in [4.78, 5) is 15.0. The molecule has 1 aromatic heterocycles. The Morgan fingerprint density at radius 1 is 1.21 bits per heavy atom. The van der Waals surface area contributed by atoms with E-state index in [2.05, 4.69) is 9.71 Å². The fourth-order valence-corrected chi connectivity index (χ4v) is 2.55. The van der Waals surface area contributed by atoms with Gasteiger partial charge in [-0.15, -0.1) is 0 Å². The lowest BCUT2D eigenvalue weighted by Crippen LogP contribution is -2.30. The zero-order chi connectivity index (χ0) is 18.3. The number of hydrogen-bond donors (Lipinski definition) is 1. The Bertz CT molecular complexity index is 699. The van der Waals surface area contributed by atoms with Crippen LogP contribution in [0.4, 0.5) is 13.2 Å². The van der Waals surface area contributed by atoms with Crippen LogP contribution >= 0.6 is 11.9 Å². The van der Waals surface area contributed by atoms with Gasteiger partial charge in [0.05, 0.1) is 6.20 Å². The molecule has 1 atom stereocenters. The van der Waals surface area contributed by atoms with Gasteiger partial charge in [-0.1, -0.05) is 43.7 Å². The van der Waals surface area contributed by atoms with Gasteiger partial charge in [-0.2, -0.15) is 13.2 Å². The Morgan fingerprint density at radius 2 is 1.79 bits per heavy atom. The molecule has 0 saturated carbocycles. The summed E-state index contributed by atoms with van der Waals surface area (Å²) in [6, 6.07) is 4.32. The van der Waals surface area contributed by atoms with Crippen LogP contribution in [-0.4, -0.2) is 15.7 Å². The molecule has 0 radical (unpaired) electrons. The highest BCUT2D eigenvalue weighted by molar-refractivity contribution is 7.97. The zero-order valence-electron chi connectivity index (χ0n) is 13.9. The molecule has 8 heteroatoms. The third-order valence-electron chi connectivity index (χ3n) is 2.97. The summed E-state index contributed by atoms with van der Waals surface area (Å²) in [5, 5.41) is 0.281. The van der Waals surface area contributed by atoms with Gasteiger partial charge in [0.1, 0.15) is 11.1 Å². The van der Waals surface area contributed by atoms with E-state index in [0.29, 0.717) is 0 Å². The van der Waals surface area contributed by atoms with Crippen LogP contribution in [0.25, 0.3) is 0 Å². The molecule has 0 aliphatic carbocycles. The first-order valence-corrected chi connectivity index (χ1v) is 8.17. The molecule has 0 aliphatic rings. The second-order valence-electron chi connectivity index (χ2n) is 4.78. The van der Waals surface area contributed by atoms with Crippen LogP contribution in [0.5, 0.6) is 0 Å². The minimum atomic E-state index is -4.44. The number of benzene rings is 1. The Morgan fingerprint density at radius 3 is 2.29 bits per heavy atom. The van der Waals surface area contributed by atoms with Gasteiger partial charge in [0.15, 0.2) is 0 Å². The van der Waals surface area contributed by atoms with Crippen molar-refractivity contribution in [1.29, 1.82) is 0 Å². The van der Waals surface area contributed by atoms with E-state index in [1.807, 2.05) is 20.8 Å². The number of nitrogens with one attached hydrogen (secondary N) is 1. The lowest BCUT2D eigenvalue weighted by molar-refractivity contribution is -0.152. The van der Waals surface area contributed by atoms with E-state index in [1.165, 1.54) is 29.9 Å². The van der Waals surface area contributed by atoms with E-state index in [1.54, 1.807) is 12.1 Å². The van der Waals surface area contributed by atoms with Crippen LogP contribution in [0, 0.1) is 6.92 Å². The standard InChI is InChI=1S/C14H14F3N3OS.C2H6/c1-9-3-5-10(6-4-9)13(14(15,16)17)19-22-11-8-20(2)12(21)7-18-11;1-2/h3-8,13,19H,1-2H3;1-2H3/t13-;/m1./s1. The monoisotopic (exact) mass is 359 g/mol. The van der Waals surface area contributed by atoms with Crippen molar-refractivity contribution < 1.29 is 13.2 Å². The molecule has 0 spiro atoms. The van der Waals surface area contributed by atoms with Gasteiger partial charge in [0, 0.05) is 13.2 Å². The van der Waals surface area contributed by atoms with Gasteiger partial charge in [-0.25, -0.2) is 9.71 Å². The molecular weight excluding hydrogens is 339 g/mol. The molecule has 1 heterocycles. The van der Waals surface area contributed by atoms with Crippen LogP contribution in [-0.2, 0) is 7.05 Å². The maximum absolute atomic E-state index is 13.2. The van der Waals surface area contributed by atoms with Crippen molar-refractivity contribution in [2.75, 3.05) is 0 Å². The van der Waals surface area contributed by atoms with E-state index >= 15 is 0 Å². The van der Waals surface area contributed by atoms with Gasteiger partial charge in [-0.05, 0) is 24.4 Å². The second-order valence-corrected chi connectivity index (χ2v) is 5.64. The maximum Gasteiger partial charge on any atom is 0.408 e. The van der Waals surface area contributed by atoms with Gasteiger partial charge in [0.2, 0.25) is 0 Å². The van der Waals surface area contributed by atoms with Gasteiger partial charge in [-0.3, -0.25) is 4.79 Å². The van der Waals surface area contributed by atoms with E-state index in [9.17, 15) is 18.0 Å². The number of nitrogens with zero attached hydrogens (tertiary/aromatic N) is 2. The maximum atomic E-state index is 13.2. The Labute approximate surface area is 143 Å². The van der Waals surface area contributed by atoms with E-state index in [0.717, 1.165) is 23.7 Å². The van der Waals surface area contributed by atoms with Crippen molar-refractivity contribution in [3.05, 3.63) is 58.1 Å². The normalized spacial score (nSPS) is 12.3. The lowest BCUT2D eigenvalue weighted by Gasteiger charge is -2.21. The fraction of sp³-hybridized carbons (Fsp3) is 0.375. The van der Waals surface area contributed by atoms with Crippen LogP contribution in [0.3, 0.4) is 0 Å². The molecule has 0 fully saturated rings. The minimum Gasteiger partial charge on any atom is -0.315 e. The molecule has 2 aromatic rings. The highest BCUT2D eigenvalue weighted by Gasteiger charge is 2.40. The molecule has 132 valence electrons. The number of aromatic nitrogens is 2. The number of hydrogen-bond acceptors (Lipinski definition) is 4. The predicted molar refractivity (Wildman–Crippen MR) is 89.8 cm³/mol. The second kappa shape index (κ2) is 8.89. The number of alkyl halides is 3. The molecule has 1 N–H and O–H groups in total. The quantitative estimate of drug-likeness (QED) is 0.838. The van der Waals surface area contributed by atoms with Crippen LogP contribution in [0.15, 0.2) is 46.5 Å². The molecule has 0 amide bonds. The Balaban J connectivity index is 0.00000139. The van der Waals surface area contributed by atoms with Crippen molar-refractivity contribution in [2.45, 2.75) is 38.0 Å². The van der Waals surface area contributed by atoms with Crippen LogP contribution in [0.2, 0.25) is 0 Å². The summed E-state index contributed by atoms with van der Waals surface area (Å²) in [6.07, 6.45) is -2.00. The average Bonchev–Trinajstić information content (AvgIpc) is 2.53. The molecule has 4 nitrogen and oxygen atoms in total. The summed E-state index contributed by atoms with van der Waals surface area (Å²) >= 11 is 0.736. The molecule has 0 unspecified atom stereocenters. The lowest BCUT2D eigenvalue weighted by atomic mass is 10.1. The molecule has 2 rings (SSSR count). The van der Waals surface area contributed by atoms with Gasteiger partial charge >= 0.3 is 6.18 Å². The molecule has 0 aliphatic heterocycles. The minimum absolute atomic E-state index is 0.121. The van der Waals surface area contributed by atoms with Crippen molar-refractivity contribution in [3.63, 3.8) is 0 Å². The third kappa shape index (κ3) is 5.68. The summed E-state index contributed by atoms with van der Waals surface area (Å²) in [6.45, 7) is 5.81. The first-order valence-electron chi connectivity index (χ1n) is 7.35. The Hall–Kier alpha value is -1.80. The Kier molecular flexibility index (Phi) is 7.50. The predicted octanol–water partition coefficient (Wildman–Crippen LogP) is 4.02. The highest BCUT2D eigenvalue weighted by Crippen LogP contribution is 2.35. The zero-order valence-corrected chi connectivity index (χ0v) is 14.7. The third-order valence-corrected chi connectivity index (χ3v) is 3.75. The van der Waals surface area contributed by atoms with E-state index < -0.39 is 12.2 Å². The largest absolute Gasteiger partial charge is 0.408 e. The van der Waals surface area contributed by atoms with Crippen molar-refractivity contribution in [3.8, 4) is 0 Å². The summed E-state index contributed by atoms with van der Waals surface area (Å²) < 4.78 is 43.2. The number of halogens is 3.